The van der Waals surface area contributed by atoms with E-state index in [1.165, 1.54) is 31.2 Å². The molecule has 2 heteroatoms. The summed E-state index contributed by atoms with van der Waals surface area (Å²) in [6.07, 6.45) is 6.49. The minimum absolute atomic E-state index is 0.373. The van der Waals surface area contributed by atoms with Gasteiger partial charge in [-0.15, -0.1) is 0 Å². The molecule has 1 saturated carbocycles. The van der Waals surface area contributed by atoms with E-state index in [1.807, 2.05) is 0 Å². The van der Waals surface area contributed by atoms with Crippen LogP contribution in [-0.2, 0) is 0 Å². The lowest BCUT2D eigenvalue weighted by atomic mass is 9.92. The minimum Gasteiger partial charge on any atom is -0.490 e. The Morgan fingerprint density at radius 1 is 1.25 bits per heavy atom. The maximum Gasteiger partial charge on any atom is 0.123 e. The van der Waals surface area contributed by atoms with Crippen LogP contribution >= 0.6 is 0 Å². The fraction of sp³-hybridized carbons (Fsp3) is 0.667. The van der Waals surface area contributed by atoms with Gasteiger partial charge in [0.1, 0.15) is 11.9 Å². The van der Waals surface area contributed by atoms with E-state index in [4.69, 9.17) is 4.74 Å². The lowest BCUT2D eigenvalue weighted by Crippen LogP contribution is -2.38. The van der Waals surface area contributed by atoms with Crippen molar-refractivity contribution in [1.29, 1.82) is 0 Å². The van der Waals surface area contributed by atoms with Crippen LogP contribution in [0.4, 0.5) is 0 Å². The molecule has 2 nitrogen and oxygen atoms in total. The predicted octanol–water partition coefficient (Wildman–Crippen LogP) is 4.50. The van der Waals surface area contributed by atoms with Crippen molar-refractivity contribution in [2.24, 2.45) is 0 Å². The third-order valence-electron chi connectivity index (χ3n) is 4.14. The zero-order valence-electron chi connectivity index (χ0n) is 13.2. The largest absolute Gasteiger partial charge is 0.490 e. The molecule has 1 aromatic rings. The third-order valence-corrected chi connectivity index (χ3v) is 4.14. The fourth-order valence-corrected chi connectivity index (χ4v) is 3.03. The summed E-state index contributed by atoms with van der Waals surface area (Å²) in [6.45, 7) is 7.81. The van der Waals surface area contributed by atoms with E-state index < -0.39 is 0 Å². The Kier molecular flexibility index (Phi) is 5.90. The van der Waals surface area contributed by atoms with Crippen molar-refractivity contribution in [3.8, 4) is 5.75 Å². The molecular weight excluding hydrogens is 246 g/mol. The maximum absolute atomic E-state index is 6.32. The zero-order valence-corrected chi connectivity index (χ0v) is 13.2. The molecule has 1 aromatic carbocycles. The highest BCUT2D eigenvalue weighted by Gasteiger charge is 2.23. The van der Waals surface area contributed by atoms with Gasteiger partial charge in [0.15, 0.2) is 0 Å². The summed E-state index contributed by atoms with van der Waals surface area (Å²) in [4.78, 5) is 0. The van der Waals surface area contributed by atoms with Crippen LogP contribution < -0.4 is 10.1 Å². The molecule has 0 radical (unpaired) electrons. The molecule has 0 heterocycles. The maximum atomic E-state index is 6.32. The first-order valence-electron chi connectivity index (χ1n) is 8.19. The number of rotatable bonds is 6. The van der Waals surface area contributed by atoms with Crippen molar-refractivity contribution in [3.63, 3.8) is 0 Å². The van der Waals surface area contributed by atoms with Crippen LogP contribution in [0.15, 0.2) is 24.3 Å². The highest BCUT2D eigenvalue weighted by Crippen LogP contribution is 2.30. The molecule has 1 aliphatic carbocycles. The summed E-state index contributed by atoms with van der Waals surface area (Å²) in [7, 11) is 0. The molecule has 20 heavy (non-hydrogen) atoms. The lowest BCUT2D eigenvalue weighted by molar-refractivity contribution is 0.133. The van der Waals surface area contributed by atoms with Crippen LogP contribution in [0.5, 0.6) is 5.75 Å². The number of ether oxygens (including phenoxy) is 1. The van der Waals surface area contributed by atoms with Crippen molar-refractivity contribution in [2.75, 3.05) is 6.54 Å². The highest BCUT2D eigenvalue weighted by atomic mass is 16.5. The molecule has 0 bridgehead atoms. The molecule has 1 N–H and O–H groups in total. The van der Waals surface area contributed by atoms with Gasteiger partial charge in [0, 0.05) is 6.04 Å². The van der Waals surface area contributed by atoms with Crippen LogP contribution in [0.2, 0.25) is 0 Å². The van der Waals surface area contributed by atoms with Crippen molar-refractivity contribution in [1.82, 2.24) is 5.32 Å². The molecule has 0 aliphatic heterocycles. The second-order valence-corrected chi connectivity index (χ2v) is 6.25. The number of nitrogens with one attached hydrogen (secondary N) is 1. The van der Waals surface area contributed by atoms with E-state index >= 15 is 0 Å². The third kappa shape index (κ3) is 4.24. The Labute approximate surface area is 123 Å². The number of benzene rings is 1. The molecule has 112 valence electrons. The van der Waals surface area contributed by atoms with Crippen LogP contribution in [0.1, 0.15) is 64.4 Å². The lowest BCUT2D eigenvalue weighted by Gasteiger charge is -2.31. The van der Waals surface area contributed by atoms with Gasteiger partial charge in [-0.3, -0.25) is 0 Å². The first-order valence-corrected chi connectivity index (χ1v) is 8.19. The zero-order chi connectivity index (χ0) is 14.4. The first kappa shape index (κ1) is 15.4. The van der Waals surface area contributed by atoms with Gasteiger partial charge in [-0.25, -0.2) is 0 Å². The Morgan fingerprint density at radius 2 is 2.05 bits per heavy atom. The minimum atomic E-state index is 0.373. The van der Waals surface area contributed by atoms with Gasteiger partial charge in [0.2, 0.25) is 0 Å². The van der Waals surface area contributed by atoms with E-state index in [1.54, 1.807) is 0 Å². The number of hydrogen-bond acceptors (Lipinski definition) is 2. The number of hydrogen-bond donors (Lipinski definition) is 1. The van der Waals surface area contributed by atoms with Gasteiger partial charge in [-0.1, -0.05) is 39.0 Å². The standard InChI is InChI=1S/C18H29NO/c1-4-12-19-15-8-7-9-16(13-15)20-18-11-6-5-10-17(18)14(2)3/h5-6,10-11,14-16,19H,4,7-9,12-13H2,1-3H3. The van der Waals surface area contributed by atoms with Crippen molar-refractivity contribution >= 4 is 0 Å². The Balaban J connectivity index is 1.95. The van der Waals surface area contributed by atoms with Crippen molar-refractivity contribution < 1.29 is 4.74 Å². The highest BCUT2D eigenvalue weighted by molar-refractivity contribution is 5.35. The van der Waals surface area contributed by atoms with Crippen molar-refractivity contribution in [3.05, 3.63) is 29.8 Å². The molecule has 0 spiro atoms. The van der Waals surface area contributed by atoms with Crippen molar-refractivity contribution in [2.45, 2.75) is 70.9 Å². The topological polar surface area (TPSA) is 21.3 Å². The Bertz CT molecular complexity index is 402. The fourth-order valence-electron chi connectivity index (χ4n) is 3.03. The normalized spacial score (nSPS) is 23.0. The second-order valence-electron chi connectivity index (χ2n) is 6.25. The summed E-state index contributed by atoms with van der Waals surface area (Å²) >= 11 is 0. The number of para-hydroxylation sites is 1. The molecule has 1 fully saturated rings. The van der Waals surface area contributed by atoms with E-state index in [-0.39, 0.29) is 0 Å². The molecular formula is C18H29NO. The van der Waals surface area contributed by atoms with Gasteiger partial charge in [-0.2, -0.15) is 0 Å². The summed E-state index contributed by atoms with van der Waals surface area (Å²) in [5.41, 5.74) is 1.33. The summed E-state index contributed by atoms with van der Waals surface area (Å²) in [6, 6.07) is 9.14. The van der Waals surface area contributed by atoms with E-state index in [0.29, 0.717) is 18.1 Å². The van der Waals surface area contributed by atoms with Gasteiger partial charge >= 0.3 is 0 Å². The smallest absolute Gasteiger partial charge is 0.123 e. The summed E-state index contributed by atoms with van der Waals surface area (Å²) in [5.74, 6) is 1.60. The quantitative estimate of drug-likeness (QED) is 0.825. The van der Waals surface area contributed by atoms with Crippen LogP contribution in [-0.4, -0.2) is 18.7 Å². The average Bonchev–Trinajstić information content (AvgIpc) is 2.46. The van der Waals surface area contributed by atoms with Crippen LogP contribution in [0, 0.1) is 0 Å². The molecule has 1 aliphatic rings. The summed E-state index contributed by atoms with van der Waals surface area (Å²) in [5, 5.41) is 3.64. The Hall–Kier alpha value is -1.02. The monoisotopic (exact) mass is 275 g/mol. The SMILES string of the molecule is CCCNC1CCCC(Oc2ccccc2C(C)C)C1. The average molecular weight is 275 g/mol. The summed E-state index contributed by atoms with van der Waals surface area (Å²) < 4.78 is 6.32. The van der Waals surface area contributed by atoms with Crippen LogP contribution in [0.25, 0.3) is 0 Å². The molecule has 0 amide bonds. The predicted molar refractivity (Wildman–Crippen MR) is 85.5 cm³/mol. The molecule has 2 rings (SSSR count). The van der Waals surface area contributed by atoms with Gasteiger partial charge in [0.05, 0.1) is 0 Å². The molecule has 0 aromatic heterocycles. The van der Waals surface area contributed by atoms with E-state index in [2.05, 4.69) is 50.4 Å². The van der Waals surface area contributed by atoms with Crippen LogP contribution in [0.3, 0.4) is 0 Å². The Morgan fingerprint density at radius 3 is 2.80 bits per heavy atom. The van der Waals surface area contributed by atoms with E-state index in [9.17, 15) is 0 Å². The van der Waals surface area contributed by atoms with Gasteiger partial charge < -0.3 is 10.1 Å². The van der Waals surface area contributed by atoms with E-state index in [0.717, 1.165) is 18.7 Å². The molecule has 2 atom stereocenters. The second kappa shape index (κ2) is 7.68. The molecule has 0 saturated heterocycles. The van der Waals surface area contributed by atoms with Gasteiger partial charge in [-0.05, 0) is 56.2 Å². The van der Waals surface area contributed by atoms with Gasteiger partial charge in [0.25, 0.3) is 0 Å². The molecule has 2 unspecified atom stereocenters. The first-order chi connectivity index (χ1) is 9.70.